The fourth-order valence-corrected chi connectivity index (χ4v) is 2.23. The number of nitrogens with one attached hydrogen (secondary N) is 1. The van der Waals surface area contributed by atoms with Crippen molar-refractivity contribution in [3.05, 3.63) is 47.0 Å². The summed E-state index contributed by atoms with van der Waals surface area (Å²) in [6, 6.07) is 11.4. The summed E-state index contributed by atoms with van der Waals surface area (Å²) in [6.45, 7) is 0.762. The number of rotatable bonds is 2. The first-order valence-electron chi connectivity index (χ1n) is 5.80. The molecule has 18 heavy (non-hydrogen) atoms. The van der Waals surface area contributed by atoms with Gasteiger partial charge in [0.05, 0.1) is 18.0 Å². The normalized spacial score (nSPS) is 12.9. The van der Waals surface area contributed by atoms with Gasteiger partial charge in [-0.1, -0.05) is 11.6 Å². The average Bonchev–Trinajstić information content (AvgIpc) is 2.81. The van der Waals surface area contributed by atoms with Gasteiger partial charge >= 0.3 is 0 Å². The van der Waals surface area contributed by atoms with Crippen molar-refractivity contribution in [2.45, 2.75) is 6.42 Å². The van der Waals surface area contributed by atoms with Gasteiger partial charge in [0.2, 0.25) is 0 Å². The first kappa shape index (κ1) is 11.2. The molecular formula is C14H13ClN2O. The zero-order valence-corrected chi connectivity index (χ0v) is 10.5. The van der Waals surface area contributed by atoms with E-state index in [1.54, 1.807) is 12.1 Å². The van der Waals surface area contributed by atoms with Gasteiger partial charge in [0.15, 0.2) is 0 Å². The number of benzene rings is 2. The Hall–Kier alpha value is -1.87. The van der Waals surface area contributed by atoms with Gasteiger partial charge < -0.3 is 15.8 Å². The molecule has 3 rings (SSSR count). The van der Waals surface area contributed by atoms with E-state index < -0.39 is 0 Å². The summed E-state index contributed by atoms with van der Waals surface area (Å²) in [4.78, 5) is 0. The third kappa shape index (κ3) is 2.09. The van der Waals surface area contributed by atoms with E-state index in [-0.39, 0.29) is 0 Å². The van der Waals surface area contributed by atoms with Crippen molar-refractivity contribution < 1.29 is 4.74 Å². The van der Waals surface area contributed by atoms with Gasteiger partial charge in [-0.05, 0) is 42.0 Å². The minimum atomic E-state index is 0.663. The quantitative estimate of drug-likeness (QED) is 0.811. The van der Waals surface area contributed by atoms with E-state index in [9.17, 15) is 0 Å². The van der Waals surface area contributed by atoms with Crippen LogP contribution in [-0.2, 0) is 6.42 Å². The topological polar surface area (TPSA) is 47.3 Å². The molecule has 0 spiro atoms. The van der Waals surface area contributed by atoms with Crippen LogP contribution in [0.1, 0.15) is 5.56 Å². The Balaban J connectivity index is 1.90. The highest BCUT2D eigenvalue weighted by molar-refractivity contribution is 6.31. The van der Waals surface area contributed by atoms with Gasteiger partial charge in [0.25, 0.3) is 0 Å². The standard InChI is InChI=1S/C14H13ClN2O/c15-10-1-3-12(16)13(8-10)17-11-2-4-14-9(7-11)5-6-18-14/h1-4,7-8,17H,5-6,16H2. The molecule has 0 unspecified atom stereocenters. The predicted octanol–water partition coefficient (Wildman–Crippen LogP) is 3.60. The Morgan fingerprint density at radius 1 is 1.17 bits per heavy atom. The lowest BCUT2D eigenvalue weighted by Gasteiger charge is -2.10. The van der Waals surface area contributed by atoms with Gasteiger partial charge in [-0.15, -0.1) is 0 Å². The van der Waals surface area contributed by atoms with Crippen LogP contribution in [0.5, 0.6) is 5.75 Å². The molecule has 2 aromatic rings. The average molecular weight is 261 g/mol. The summed E-state index contributed by atoms with van der Waals surface area (Å²) in [5, 5.41) is 3.94. The molecule has 1 heterocycles. The van der Waals surface area contributed by atoms with E-state index in [2.05, 4.69) is 11.4 Å². The lowest BCUT2D eigenvalue weighted by atomic mass is 10.1. The summed E-state index contributed by atoms with van der Waals surface area (Å²) >= 11 is 5.96. The molecule has 0 atom stereocenters. The maximum atomic E-state index is 5.96. The monoisotopic (exact) mass is 260 g/mol. The highest BCUT2D eigenvalue weighted by Crippen LogP contribution is 2.31. The zero-order chi connectivity index (χ0) is 12.5. The van der Waals surface area contributed by atoms with E-state index in [4.69, 9.17) is 22.1 Å². The predicted molar refractivity (Wildman–Crippen MR) is 74.8 cm³/mol. The second-order valence-corrected chi connectivity index (χ2v) is 4.71. The van der Waals surface area contributed by atoms with Crippen LogP contribution in [-0.4, -0.2) is 6.61 Å². The fraction of sp³-hybridized carbons (Fsp3) is 0.143. The van der Waals surface area contributed by atoms with Crippen LogP contribution in [0.25, 0.3) is 0 Å². The molecule has 0 aromatic heterocycles. The number of nitrogen functional groups attached to an aromatic ring is 1. The van der Waals surface area contributed by atoms with Crippen LogP contribution in [0.15, 0.2) is 36.4 Å². The van der Waals surface area contributed by atoms with Crippen molar-refractivity contribution in [1.29, 1.82) is 0 Å². The number of hydrogen-bond donors (Lipinski definition) is 2. The maximum Gasteiger partial charge on any atom is 0.122 e. The zero-order valence-electron chi connectivity index (χ0n) is 9.74. The molecule has 4 heteroatoms. The highest BCUT2D eigenvalue weighted by Gasteiger charge is 2.12. The number of hydrogen-bond acceptors (Lipinski definition) is 3. The van der Waals surface area contributed by atoms with Gasteiger partial charge in [-0.3, -0.25) is 0 Å². The molecule has 1 aliphatic heterocycles. The van der Waals surface area contributed by atoms with E-state index in [1.807, 2.05) is 18.2 Å². The third-order valence-corrected chi connectivity index (χ3v) is 3.22. The van der Waals surface area contributed by atoms with Crippen molar-refractivity contribution in [2.75, 3.05) is 17.7 Å². The molecule has 0 fully saturated rings. The molecule has 92 valence electrons. The minimum Gasteiger partial charge on any atom is -0.493 e. The van der Waals surface area contributed by atoms with E-state index in [0.717, 1.165) is 30.2 Å². The molecule has 0 radical (unpaired) electrons. The van der Waals surface area contributed by atoms with Crippen LogP contribution < -0.4 is 15.8 Å². The number of anilines is 3. The summed E-state index contributed by atoms with van der Waals surface area (Å²) in [5.74, 6) is 0.972. The number of halogens is 1. The van der Waals surface area contributed by atoms with Crippen molar-refractivity contribution in [1.82, 2.24) is 0 Å². The van der Waals surface area contributed by atoms with Crippen LogP contribution in [0, 0.1) is 0 Å². The van der Waals surface area contributed by atoms with Gasteiger partial charge in [0.1, 0.15) is 5.75 Å². The first-order chi connectivity index (χ1) is 8.72. The summed E-state index contributed by atoms with van der Waals surface area (Å²) < 4.78 is 5.47. The molecule has 0 saturated heterocycles. The Morgan fingerprint density at radius 2 is 2.06 bits per heavy atom. The number of fused-ring (bicyclic) bond motifs is 1. The Bertz CT molecular complexity index is 598. The number of nitrogens with two attached hydrogens (primary N) is 1. The molecule has 3 N–H and O–H groups in total. The molecule has 0 aliphatic carbocycles. The number of ether oxygens (including phenoxy) is 1. The van der Waals surface area contributed by atoms with E-state index in [0.29, 0.717) is 10.7 Å². The van der Waals surface area contributed by atoms with E-state index >= 15 is 0 Å². The Kier molecular flexibility index (Phi) is 2.76. The molecule has 0 saturated carbocycles. The summed E-state index contributed by atoms with van der Waals surface area (Å²) in [5.41, 5.74) is 9.62. The molecule has 2 aromatic carbocycles. The van der Waals surface area contributed by atoms with Gasteiger partial charge in [-0.25, -0.2) is 0 Å². The smallest absolute Gasteiger partial charge is 0.122 e. The van der Waals surface area contributed by atoms with Crippen molar-refractivity contribution in [3.63, 3.8) is 0 Å². The van der Waals surface area contributed by atoms with Crippen LogP contribution in [0.2, 0.25) is 5.02 Å². The second-order valence-electron chi connectivity index (χ2n) is 4.28. The molecule has 0 amide bonds. The third-order valence-electron chi connectivity index (χ3n) is 2.98. The van der Waals surface area contributed by atoms with Crippen LogP contribution in [0.4, 0.5) is 17.1 Å². The van der Waals surface area contributed by atoms with Crippen LogP contribution in [0.3, 0.4) is 0 Å². The van der Waals surface area contributed by atoms with Gasteiger partial charge in [-0.2, -0.15) is 0 Å². The maximum absolute atomic E-state index is 5.96. The Labute approximate surface area is 111 Å². The molecular weight excluding hydrogens is 248 g/mol. The molecule has 0 bridgehead atoms. The minimum absolute atomic E-state index is 0.663. The summed E-state index contributed by atoms with van der Waals surface area (Å²) in [6.07, 6.45) is 0.954. The SMILES string of the molecule is Nc1ccc(Cl)cc1Nc1ccc2c(c1)CCO2. The van der Waals surface area contributed by atoms with Gasteiger partial charge in [0, 0.05) is 17.1 Å². The first-order valence-corrected chi connectivity index (χ1v) is 6.18. The lowest BCUT2D eigenvalue weighted by molar-refractivity contribution is 0.357. The lowest BCUT2D eigenvalue weighted by Crippen LogP contribution is -1.96. The van der Waals surface area contributed by atoms with Crippen molar-refractivity contribution >= 4 is 28.7 Å². The largest absolute Gasteiger partial charge is 0.493 e. The van der Waals surface area contributed by atoms with Crippen LogP contribution >= 0.6 is 11.6 Å². The molecule has 3 nitrogen and oxygen atoms in total. The summed E-state index contributed by atoms with van der Waals surface area (Å²) in [7, 11) is 0. The Morgan fingerprint density at radius 3 is 2.94 bits per heavy atom. The van der Waals surface area contributed by atoms with Crippen molar-refractivity contribution in [3.8, 4) is 5.75 Å². The molecule has 1 aliphatic rings. The van der Waals surface area contributed by atoms with Crippen molar-refractivity contribution in [2.24, 2.45) is 0 Å². The highest BCUT2D eigenvalue weighted by atomic mass is 35.5. The van der Waals surface area contributed by atoms with E-state index in [1.165, 1.54) is 5.56 Å². The second kappa shape index (κ2) is 4.42. The fourth-order valence-electron chi connectivity index (χ4n) is 2.06.